The predicted molar refractivity (Wildman–Crippen MR) is 88.6 cm³/mol. The first kappa shape index (κ1) is 15.4. The fourth-order valence-electron chi connectivity index (χ4n) is 2.17. The van der Waals surface area contributed by atoms with Crippen molar-refractivity contribution in [2.24, 2.45) is 0 Å². The third kappa shape index (κ3) is 3.76. The van der Waals surface area contributed by atoms with Crippen molar-refractivity contribution in [2.75, 3.05) is 6.54 Å². The predicted octanol–water partition coefficient (Wildman–Crippen LogP) is 5.72. The van der Waals surface area contributed by atoms with E-state index in [0.717, 1.165) is 29.1 Å². The molecule has 0 aliphatic rings. The summed E-state index contributed by atoms with van der Waals surface area (Å²) in [6.07, 6.45) is 1.13. The summed E-state index contributed by atoms with van der Waals surface area (Å²) in [5.74, 6) is 0. The van der Waals surface area contributed by atoms with Crippen LogP contribution in [0.15, 0.2) is 42.5 Å². The standard InChI is InChI=1S/C17H19Cl2N/c1-3-9-20-12(2)13-5-4-6-14(10-13)16-11-15(18)7-8-17(16)19/h4-8,10-12,20H,3,9H2,1-2H3. The molecule has 0 bridgehead atoms. The highest BCUT2D eigenvalue weighted by Crippen LogP contribution is 2.31. The molecule has 0 fully saturated rings. The van der Waals surface area contributed by atoms with E-state index in [-0.39, 0.29) is 0 Å². The number of nitrogens with one attached hydrogen (secondary N) is 1. The second-order valence-corrected chi connectivity index (χ2v) is 5.77. The number of halogens is 2. The molecule has 0 aliphatic carbocycles. The van der Waals surface area contributed by atoms with E-state index in [2.05, 4.69) is 43.4 Å². The summed E-state index contributed by atoms with van der Waals surface area (Å²) in [5, 5.41) is 4.92. The van der Waals surface area contributed by atoms with E-state index in [1.54, 1.807) is 0 Å². The molecule has 106 valence electrons. The Morgan fingerprint density at radius 1 is 1.10 bits per heavy atom. The first-order valence-corrected chi connectivity index (χ1v) is 7.66. The molecule has 0 amide bonds. The van der Waals surface area contributed by atoms with Crippen molar-refractivity contribution in [1.29, 1.82) is 0 Å². The number of hydrogen-bond acceptors (Lipinski definition) is 1. The van der Waals surface area contributed by atoms with Crippen molar-refractivity contribution in [1.82, 2.24) is 5.32 Å². The first-order chi connectivity index (χ1) is 9.61. The van der Waals surface area contributed by atoms with Gasteiger partial charge in [0.15, 0.2) is 0 Å². The van der Waals surface area contributed by atoms with E-state index in [4.69, 9.17) is 23.2 Å². The van der Waals surface area contributed by atoms with E-state index in [0.29, 0.717) is 11.1 Å². The minimum Gasteiger partial charge on any atom is -0.310 e. The average Bonchev–Trinajstić information content (AvgIpc) is 2.47. The number of benzene rings is 2. The van der Waals surface area contributed by atoms with E-state index in [1.807, 2.05) is 18.2 Å². The van der Waals surface area contributed by atoms with Crippen LogP contribution in [0.1, 0.15) is 31.9 Å². The molecule has 0 saturated carbocycles. The van der Waals surface area contributed by atoms with E-state index in [9.17, 15) is 0 Å². The van der Waals surface area contributed by atoms with Gasteiger partial charge in [0, 0.05) is 21.7 Å². The maximum atomic E-state index is 6.27. The van der Waals surface area contributed by atoms with Crippen LogP contribution >= 0.6 is 23.2 Å². The van der Waals surface area contributed by atoms with Crippen LogP contribution in [-0.2, 0) is 0 Å². The van der Waals surface area contributed by atoms with Crippen LogP contribution in [0, 0.1) is 0 Å². The van der Waals surface area contributed by atoms with Gasteiger partial charge in [0.2, 0.25) is 0 Å². The topological polar surface area (TPSA) is 12.0 Å². The lowest BCUT2D eigenvalue weighted by atomic mass is 10.00. The highest BCUT2D eigenvalue weighted by atomic mass is 35.5. The van der Waals surface area contributed by atoms with Gasteiger partial charge in [0.1, 0.15) is 0 Å². The molecule has 1 nitrogen and oxygen atoms in total. The molecule has 2 aromatic carbocycles. The van der Waals surface area contributed by atoms with E-state index >= 15 is 0 Å². The smallest absolute Gasteiger partial charge is 0.0485 e. The second-order valence-electron chi connectivity index (χ2n) is 4.93. The van der Waals surface area contributed by atoms with Gasteiger partial charge in [-0.15, -0.1) is 0 Å². The van der Waals surface area contributed by atoms with Gasteiger partial charge < -0.3 is 5.32 Å². The van der Waals surface area contributed by atoms with Gasteiger partial charge in [-0.1, -0.05) is 48.3 Å². The van der Waals surface area contributed by atoms with Crippen LogP contribution in [-0.4, -0.2) is 6.54 Å². The fourth-order valence-corrected chi connectivity index (χ4v) is 2.57. The summed E-state index contributed by atoms with van der Waals surface area (Å²) in [5.41, 5.74) is 3.33. The minimum atomic E-state index is 0.327. The molecular weight excluding hydrogens is 289 g/mol. The Bertz CT molecular complexity index is 581. The highest BCUT2D eigenvalue weighted by molar-refractivity contribution is 6.35. The van der Waals surface area contributed by atoms with Crippen LogP contribution in [0.2, 0.25) is 10.0 Å². The first-order valence-electron chi connectivity index (χ1n) is 6.90. The van der Waals surface area contributed by atoms with Gasteiger partial charge in [-0.2, -0.15) is 0 Å². The molecule has 0 radical (unpaired) electrons. The summed E-state index contributed by atoms with van der Waals surface area (Å²) in [6.45, 7) is 5.36. The SMILES string of the molecule is CCCNC(C)c1cccc(-c2cc(Cl)ccc2Cl)c1. The van der Waals surface area contributed by atoms with Gasteiger partial charge in [0.05, 0.1) is 0 Å². The maximum absolute atomic E-state index is 6.27. The number of rotatable bonds is 5. The van der Waals surface area contributed by atoms with Crippen molar-refractivity contribution in [2.45, 2.75) is 26.3 Å². The Morgan fingerprint density at radius 3 is 2.65 bits per heavy atom. The van der Waals surface area contributed by atoms with Crippen molar-refractivity contribution in [3.63, 3.8) is 0 Å². The largest absolute Gasteiger partial charge is 0.310 e. The van der Waals surface area contributed by atoms with Gasteiger partial charge in [-0.3, -0.25) is 0 Å². The fraction of sp³-hybridized carbons (Fsp3) is 0.294. The Kier molecular flexibility index (Phi) is 5.47. The van der Waals surface area contributed by atoms with E-state index in [1.165, 1.54) is 5.56 Å². The molecule has 1 N–H and O–H groups in total. The van der Waals surface area contributed by atoms with Crippen molar-refractivity contribution < 1.29 is 0 Å². The van der Waals surface area contributed by atoms with Gasteiger partial charge >= 0.3 is 0 Å². The minimum absolute atomic E-state index is 0.327. The van der Waals surface area contributed by atoms with Gasteiger partial charge in [-0.25, -0.2) is 0 Å². The molecule has 0 aliphatic heterocycles. The Morgan fingerprint density at radius 2 is 1.90 bits per heavy atom. The lowest BCUT2D eigenvalue weighted by molar-refractivity contribution is 0.571. The third-order valence-electron chi connectivity index (χ3n) is 3.33. The van der Waals surface area contributed by atoms with Gasteiger partial charge in [0.25, 0.3) is 0 Å². The Labute approximate surface area is 130 Å². The Balaban J connectivity index is 2.31. The number of hydrogen-bond donors (Lipinski definition) is 1. The lowest BCUT2D eigenvalue weighted by Gasteiger charge is -2.15. The summed E-state index contributed by atoms with van der Waals surface area (Å²) in [4.78, 5) is 0. The van der Waals surface area contributed by atoms with Crippen LogP contribution in [0.4, 0.5) is 0 Å². The molecular formula is C17H19Cl2N. The molecule has 0 spiro atoms. The second kappa shape index (κ2) is 7.12. The Hall–Kier alpha value is -1.02. The molecule has 2 rings (SSSR count). The third-order valence-corrected chi connectivity index (χ3v) is 3.89. The van der Waals surface area contributed by atoms with Crippen LogP contribution in [0.3, 0.4) is 0 Å². The highest BCUT2D eigenvalue weighted by Gasteiger charge is 2.08. The average molecular weight is 308 g/mol. The van der Waals surface area contributed by atoms with Crippen molar-refractivity contribution in [3.05, 3.63) is 58.1 Å². The molecule has 3 heteroatoms. The molecule has 2 aromatic rings. The van der Waals surface area contributed by atoms with E-state index < -0.39 is 0 Å². The lowest BCUT2D eigenvalue weighted by Crippen LogP contribution is -2.19. The summed E-state index contributed by atoms with van der Waals surface area (Å²) in [7, 11) is 0. The zero-order valence-corrected chi connectivity index (χ0v) is 13.3. The molecule has 1 atom stereocenters. The van der Waals surface area contributed by atoms with Crippen LogP contribution in [0.5, 0.6) is 0 Å². The maximum Gasteiger partial charge on any atom is 0.0485 e. The zero-order valence-electron chi connectivity index (χ0n) is 11.8. The molecule has 1 unspecified atom stereocenters. The normalized spacial score (nSPS) is 12.4. The molecule has 0 aromatic heterocycles. The summed E-state index contributed by atoms with van der Waals surface area (Å²) < 4.78 is 0. The van der Waals surface area contributed by atoms with Crippen molar-refractivity contribution >= 4 is 23.2 Å². The zero-order chi connectivity index (χ0) is 14.5. The van der Waals surface area contributed by atoms with Gasteiger partial charge in [-0.05, 0) is 55.3 Å². The monoisotopic (exact) mass is 307 g/mol. The van der Waals surface area contributed by atoms with Crippen LogP contribution in [0.25, 0.3) is 11.1 Å². The quantitative estimate of drug-likeness (QED) is 0.744. The summed E-state index contributed by atoms with van der Waals surface area (Å²) in [6, 6.07) is 14.3. The summed E-state index contributed by atoms with van der Waals surface area (Å²) >= 11 is 12.3. The van der Waals surface area contributed by atoms with Crippen molar-refractivity contribution in [3.8, 4) is 11.1 Å². The molecule has 20 heavy (non-hydrogen) atoms. The van der Waals surface area contributed by atoms with Crippen LogP contribution < -0.4 is 5.32 Å². The molecule has 0 heterocycles. The molecule has 0 saturated heterocycles.